The number of halogens is 1. The average Bonchev–Trinajstić information content (AvgIpc) is 3.28. The Kier molecular flexibility index (Phi) is 5.83. The first-order valence-electron chi connectivity index (χ1n) is 11.2. The smallest absolute Gasteiger partial charge is 0.253 e. The van der Waals surface area contributed by atoms with Crippen LogP contribution in [0.25, 0.3) is 11.2 Å². The van der Waals surface area contributed by atoms with Gasteiger partial charge in [0, 0.05) is 54.8 Å². The van der Waals surface area contributed by atoms with Gasteiger partial charge in [-0.1, -0.05) is 17.7 Å². The Morgan fingerprint density at radius 2 is 1.72 bits per heavy atom. The lowest BCUT2D eigenvalue weighted by molar-refractivity contribution is -0.138. The Morgan fingerprint density at radius 1 is 0.969 bits per heavy atom. The lowest BCUT2D eigenvalue weighted by Gasteiger charge is -2.37. The summed E-state index contributed by atoms with van der Waals surface area (Å²) in [5.41, 5.74) is 2.31. The fraction of sp³-hybridized carbons (Fsp3) is 0.417. The molecule has 0 aliphatic carbocycles. The Hall–Kier alpha value is -2.93. The maximum Gasteiger partial charge on any atom is 0.253 e. The van der Waals surface area contributed by atoms with Crippen LogP contribution in [0.5, 0.6) is 0 Å². The van der Waals surface area contributed by atoms with Crippen LogP contribution in [-0.2, 0) is 4.79 Å². The van der Waals surface area contributed by atoms with E-state index in [0.29, 0.717) is 42.4 Å². The fourth-order valence-corrected chi connectivity index (χ4v) is 5.01. The molecule has 7 nitrogen and oxygen atoms in total. The second-order valence-corrected chi connectivity index (χ2v) is 9.11. The molecule has 3 aromatic rings. The molecule has 4 heterocycles. The quantitative estimate of drug-likeness (QED) is 0.655. The second-order valence-electron chi connectivity index (χ2n) is 8.67. The molecular formula is C24H26ClN5O2. The normalized spacial score (nSPS) is 18.3. The number of rotatable bonds is 3. The zero-order valence-electron chi connectivity index (χ0n) is 17.8. The number of piperidine rings is 2. The number of fused-ring (bicyclic) bond motifs is 1. The average molecular weight is 452 g/mol. The van der Waals surface area contributed by atoms with Gasteiger partial charge in [0.25, 0.3) is 5.91 Å². The minimum Gasteiger partial charge on any atom is -0.342 e. The van der Waals surface area contributed by atoms with Crippen LogP contribution in [0.4, 0.5) is 0 Å². The third-order valence-corrected chi connectivity index (χ3v) is 6.91. The van der Waals surface area contributed by atoms with Crippen LogP contribution in [0.3, 0.4) is 0 Å². The number of hydrogen-bond donors (Lipinski definition) is 1. The van der Waals surface area contributed by atoms with Crippen molar-refractivity contribution in [3.63, 3.8) is 0 Å². The molecule has 0 atom stereocenters. The zero-order valence-corrected chi connectivity index (χ0v) is 18.6. The SMILES string of the molecule is O=C(c1cccc(Cl)c1)N1CCC(C(=O)N2CCC(c3nc4ncccc4[nH]3)CC2)CC1. The minimum absolute atomic E-state index is 0.00892. The van der Waals surface area contributed by atoms with E-state index in [9.17, 15) is 9.59 Å². The van der Waals surface area contributed by atoms with Crippen molar-refractivity contribution in [2.75, 3.05) is 26.2 Å². The van der Waals surface area contributed by atoms with Crippen molar-refractivity contribution < 1.29 is 9.59 Å². The number of carbonyl (C=O) groups is 2. The van der Waals surface area contributed by atoms with Crippen molar-refractivity contribution in [1.29, 1.82) is 0 Å². The summed E-state index contributed by atoms with van der Waals surface area (Å²) >= 11 is 6.02. The van der Waals surface area contributed by atoms with Gasteiger partial charge < -0.3 is 14.8 Å². The van der Waals surface area contributed by atoms with E-state index in [2.05, 4.69) is 15.0 Å². The van der Waals surface area contributed by atoms with Crippen LogP contribution in [0.1, 0.15) is 47.8 Å². The number of nitrogens with one attached hydrogen (secondary N) is 1. The molecule has 166 valence electrons. The summed E-state index contributed by atoms with van der Waals surface area (Å²) in [5.74, 6) is 1.50. The number of carbonyl (C=O) groups excluding carboxylic acids is 2. The second kappa shape index (κ2) is 8.90. The van der Waals surface area contributed by atoms with Crippen molar-refractivity contribution in [3.8, 4) is 0 Å². The molecule has 0 spiro atoms. The maximum absolute atomic E-state index is 13.1. The van der Waals surface area contributed by atoms with Crippen molar-refractivity contribution in [2.45, 2.75) is 31.6 Å². The monoisotopic (exact) mass is 451 g/mol. The van der Waals surface area contributed by atoms with Crippen LogP contribution in [0.15, 0.2) is 42.6 Å². The van der Waals surface area contributed by atoms with Crippen molar-refractivity contribution in [1.82, 2.24) is 24.8 Å². The van der Waals surface area contributed by atoms with Crippen LogP contribution in [0.2, 0.25) is 5.02 Å². The zero-order chi connectivity index (χ0) is 22.1. The third-order valence-electron chi connectivity index (χ3n) is 6.67. The Morgan fingerprint density at radius 3 is 2.44 bits per heavy atom. The van der Waals surface area contributed by atoms with E-state index in [-0.39, 0.29) is 17.7 Å². The number of nitrogens with zero attached hydrogens (tertiary/aromatic N) is 4. The Bertz CT molecular complexity index is 1100. The van der Waals surface area contributed by atoms with Crippen LogP contribution in [-0.4, -0.2) is 62.7 Å². The molecule has 8 heteroatoms. The topological polar surface area (TPSA) is 82.2 Å². The number of amides is 2. The molecule has 0 radical (unpaired) electrons. The molecule has 5 rings (SSSR count). The van der Waals surface area contributed by atoms with Gasteiger partial charge in [0.1, 0.15) is 5.82 Å². The van der Waals surface area contributed by atoms with Crippen molar-refractivity contribution >= 4 is 34.6 Å². The predicted octanol–water partition coefficient (Wildman–Crippen LogP) is 3.87. The van der Waals surface area contributed by atoms with Crippen LogP contribution < -0.4 is 0 Å². The van der Waals surface area contributed by atoms with Gasteiger partial charge >= 0.3 is 0 Å². The van der Waals surface area contributed by atoms with Crippen LogP contribution in [0, 0.1) is 5.92 Å². The van der Waals surface area contributed by atoms with Crippen molar-refractivity contribution in [3.05, 3.63) is 59.0 Å². The summed E-state index contributed by atoms with van der Waals surface area (Å²) in [4.78, 5) is 42.0. The number of H-pyrrole nitrogens is 1. The molecule has 0 bridgehead atoms. The highest BCUT2D eigenvalue weighted by Gasteiger charge is 2.33. The van der Waals surface area contributed by atoms with E-state index in [4.69, 9.17) is 11.6 Å². The van der Waals surface area contributed by atoms with Gasteiger partial charge in [-0.15, -0.1) is 0 Å². The summed E-state index contributed by atoms with van der Waals surface area (Å²) in [6, 6.07) is 10.9. The molecule has 2 aliphatic rings. The highest BCUT2D eigenvalue weighted by molar-refractivity contribution is 6.30. The molecule has 0 saturated carbocycles. The van der Waals surface area contributed by atoms with Crippen molar-refractivity contribution in [2.24, 2.45) is 5.92 Å². The molecule has 1 N–H and O–H groups in total. The first kappa shape index (κ1) is 20.9. The van der Waals surface area contributed by atoms with Gasteiger partial charge in [0.15, 0.2) is 5.65 Å². The highest BCUT2D eigenvalue weighted by Crippen LogP contribution is 2.29. The van der Waals surface area contributed by atoms with Gasteiger partial charge in [-0.2, -0.15) is 0 Å². The molecule has 0 unspecified atom stereocenters. The van der Waals surface area contributed by atoms with E-state index >= 15 is 0 Å². The first-order chi connectivity index (χ1) is 15.6. The predicted molar refractivity (Wildman–Crippen MR) is 123 cm³/mol. The third kappa shape index (κ3) is 4.21. The van der Waals surface area contributed by atoms with E-state index in [0.717, 1.165) is 42.9 Å². The summed E-state index contributed by atoms with van der Waals surface area (Å²) in [7, 11) is 0. The fourth-order valence-electron chi connectivity index (χ4n) is 4.82. The van der Waals surface area contributed by atoms with Gasteiger partial charge in [-0.25, -0.2) is 9.97 Å². The molecule has 2 aromatic heterocycles. The molecular weight excluding hydrogens is 426 g/mol. The Labute approximate surface area is 191 Å². The summed E-state index contributed by atoms with van der Waals surface area (Å²) in [5, 5.41) is 0.559. The Balaban J connectivity index is 1.14. The molecule has 2 aliphatic heterocycles. The van der Waals surface area contributed by atoms with E-state index in [1.54, 1.807) is 30.5 Å². The van der Waals surface area contributed by atoms with E-state index in [1.165, 1.54) is 0 Å². The summed E-state index contributed by atoms with van der Waals surface area (Å²) in [6.45, 7) is 2.69. The van der Waals surface area contributed by atoms with Crippen LogP contribution >= 0.6 is 11.6 Å². The minimum atomic E-state index is -0.0143. The lowest BCUT2D eigenvalue weighted by atomic mass is 9.91. The molecule has 2 fully saturated rings. The largest absolute Gasteiger partial charge is 0.342 e. The number of imidazole rings is 1. The number of pyridine rings is 1. The van der Waals surface area contributed by atoms with Gasteiger partial charge in [0.05, 0.1) is 5.52 Å². The molecule has 2 saturated heterocycles. The maximum atomic E-state index is 13.1. The highest BCUT2D eigenvalue weighted by atomic mass is 35.5. The number of benzene rings is 1. The standard InChI is InChI=1S/C24H26ClN5O2/c25-19-4-1-3-18(15-19)24(32)30-13-8-17(9-14-30)23(31)29-11-6-16(7-12-29)21-27-20-5-2-10-26-22(20)28-21/h1-5,10,15-17H,6-9,11-14H2,(H,26,27,28). The molecule has 32 heavy (non-hydrogen) atoms. The van der Waals surface area contributed by atoms with Gasteiger partial charge in [0.2, 0.25) is 5.91 Å². The number of hydrogen-bond acceptors (Lipinski definition) is 4. The molecule has 2 amide bonds. The van der Waals surface area contributed by atoms with Gasteiger partial charge in [-0.05, 0) is 56.0 Å². The lowest BCUT2D eigenvalue weighted by Crippen LogP contribution is -2.46. The summed E-state index contributed by atoms with van der Waals surface area (Å²) in [6.07, 6.45) is 4.97. The van der Waals surface area contributed by atoms with E-state index in [1.807, 2.05) is 21.9 Å². The molecule has 1 aromatic carbocycles. The number of likely N-dealkylation sites (tertiary alicyclic amines) is 2. The van der Waals surface area contributed by atoms with E-state index < -0.39 is 0 Å². The number of aromatic amines is 1. The number of aromatic nitrogens is 3. The summed E-state index contributed by atoms with van der Waals surface area (Å²) < 4.78 is 0. The van der Waals surface area contributed by atoms with Gasteiger partial charge in [-0.3, -0.25) is 9.59 Å². The first-order valence-corrected chi connectivity index (χ1v) is 11.6.